The number of aromatic carboxylic acids is 1. The lowest BCUT2D eigenvalue weighted by Gasteiger charge is -2.16. The molecular weight excluding hydrogens is 432 g/mol. The van der Waals surface area contributed by atoms with Gasteiger partial charge in [0.25, 0.3) is 0 Å². The van der Waals surface area contributed by atoms with Crippen LogP contribution in [0, 0.1) is 5.82 Å². The number of aromatic nitrogens is 2. The van der Waals surface area contributed by atoms with Crippen molar-refractivity contribution in [2.75, 3.05) is 0 Å². The molecule has 0 radical (unpaired) electrons. The number of halogens is 4. The lowest BCUT2D eigenvalue weighted by molar-refractivity contribution is -0.136. The summed E-state index contributed by atoms with van der Waals surface area (Å²) in [4.78, 5) is 11.2. The van der Waals surface area contributed by atoms with Crippen molar-refractivity contribution in [3.8, 4) is 34.0 Å². The molecule has 0 bridgehead atoms. The van der Waals surface area contributed by atoms with E-state index in [9.17, 15) is 22.4 Å². The van der Waals surface area contributed by atoms with Crippen LogP contribution in [0.3, 0.4) is 0 Å². The highest BCUT2D eigenvalue weighted by molar-refractivity contribution is 5.90. The van der Waals surface area contributed by atoms with Gasteiger partial charge in [0, 0.05) is 16.7 Å². The largest absolute Gasteiger partial charge is 0.478 e. The van der Waals surface area contributed by atoms with Crippen LogP contribution in [0.2, 0.25) is 0 Å². The van der Waals surface area contributed by atoms with Crippen molar-refractivity contribution >= 4 is 5.97 Å². The minimum Gasteiger partial charge on any atom is -0.478 e. The number of carboxylic acid groups (broad SMARTS) is 1. The molecule has 2 heterocycles. The highest BCUT2D eigenvalue weighted by Crippen LogP contribution is 2.46. The number of carbonyl (C=O) groups is 1. The summed E-state index contributed by atoms with van der Waals surface area (Å²) in [5.74, 6) is -3.25. The summed E-state index contributed by atoms with van der Waals surface area (Å²) >= 11 is 0. The van der Waals surface area contributed by atoms with Gasteiger partial charge in [-0.1, -0.05) is 40.6 Å². The monoisotopic (exact) mass is 444 g/mol. The van der Waals surface area contributed by atoms with Gasteiger partial charge in [-0.3, -0.25) is 0 Å². The van der Waals surface area contributed by atoms with Crippen molar-refractivity contribution in [2.24, 2.45) is 0 Å². The Morgan fingerprint density at radius 1 is 0.969 bits per heavy atom. The minimum atomic E-state index is -4.80. The van der Waals surface area contributed by atoms with Gasteiger partial charge in [0.2, 0.25) is 11.5 Å². The molecule has 1 aliphatic rings. The Morgan fingerprint density at radius 3 is 2.34 bits per heavy atom. The third kappa shape index (κ3) is 3.06. The zero-order valence-electron chi connectivity index (χ0n) is 16.0. The summed E-state index contributed by atoms with van der Waals surface area (Å²) in [6, 6.07) is 9.99. The van der Waals surface area contributed by atoms with Crippen LogP contribution in [0.15, 0.2) is 51.5 Å². The molecule has 0 fully saturated rings. The predicted octanol–water partition coefficient (Wildman–Crippen LogP) is 5.62. The quantitative estimate of drug-likeness (QED) is 0.413. The highest BCUT2D eigenvalue weighted by atomic mass is 19.4. The van der Waals surface area contributed by atoms with Crippen LogP contribution in [-0.2, 0) is 19.0 Å². The predicted molar refractivity (Wildman–Crippen MR) is 102 cm³/mol. The first-order valence-electron chi connectivity index (χ1n) is 9.43. The lowest BCUT2D eigenvalue weighted by Crippen LogP contribution is -2.10. The fraction of sp³-hybridized carbons (Fsp3) is 0.136. The van der Waals surface area contributed by atoms with E-state index in [1.165, 1.54) is 18.2 Å². The Balaban J connectivity index is 1.67. The Bertz CT molecular complexity index is 1360. The van der Waals surface area contributed by atoms with Crippen molar-refractivity contribution in [1.82, 2.24) is 10.3 Å². The van der Waals surface area contributed by atoms with Crippen LogP contribution in [0.5, 0.6) is 0 Å². The minimum absolute atomic E-state index is 0.142. The molecule has 5 rings (SSSR count). The number of nitrogens with zero attached hydrogens (tertiary/aromatic N) is 2. The summed E-state index contributed by atoms with van der Waals surface area (Å²) in [6.45, 7) is 0. The first-order chi connectivity index (χ1) is 15.3. The molecule has 2 aromatic carbocycles. The molecule has 162 valence electrons. The number of carboxylic acids is 1. The van der Waals surface area contributed by atoms with Gasteiger partial charge in [-0.2, -0.15) is 13.2 Å². The van der Waals surface area contributed by atoms with Crippen LogP contribution < -0.4 is 0 Å². The smallest absolute Gasteiger partial charge is 0.422 e. The van der Waals surface area contributed by atoms with Crippen molar-refractivity contribution in [2.45, 2.75) is 19.0 Å². The summed E-state index contributed by atoms with van der Waals surface area (Å²) in [7, 11) is 0. The first-order valence-corrected chi connectivity index (χ1v) is 9.43. The summed E-state index contributed by atoms with van der Waals surface area (Å²) < 4.78 is 66.6. The van der Waals surface area contributed by atoms with Crippen molar-refractivity contribution in [3.63, 3.8) is 0 Å². The molecule has 1 aliphatic carbocycles. The number of hydrogen-bond donors (Lipinski definition) is 1. The zero-order valence-corrected chi connectivity index (χ0v) is 16.0. The van der Waals surface area contributed by atoms with E-state index in [4.69, 9.17) is 14.2 Å². The van der Waals surface area contributed by atoms with Gasteiger partial charge in [-0.05, 0) is 30.5 Å². The zero-order chi connectivity index (χ0) is 22.6. The van der Waals surface area contributed by atoms with Crippen LogP contribution in [0.4, 0.5) is 17.6 Å². The van der Waals surface area contributed by atoms with Crippen LogP contribution >= 0.6 is 0 Å². The second-order valence-electron chi connectivity index (χ2n) is 7.23. The molecule has 4 aromatic rings. The summed E-state index contributed by atoms with van der Waals surface area (Å²) in [6.07, 6.45) is -4.34. The van der Waals surface area contributed by atoms with E-state index < -0.39 is 34.8 Å². The number of hydrogen-bond acceptors (Lipinski definition) is 5. The van der Waals surface area contributed by atoms with Crippen LogP contribution in [-0.4, -0.2) is 21.4 Å². The Kier molecular flexibility index (Phi) is 4.40. The maximum absolute atomic E-state index is 14.2. The molecule has 0 saturated carbocycles. The second kappa shape index (κ2) is 7.04. The van der Waals surface area contributed by atoms with E-state index in [0.717, 1.165) is 6.07 Å². The fourth-order valence-electron chi connectivity index (χ4n) is 3.90. The van der Waals surface area contributed by atoms with Gasteiger partial charge in [0.1, 0.15) is 22.8 Å². The van der Waals surface area contributed by atoms with E-state index in [0.29, 0.717) is 11.1 Å². The standard InChI is InChI=1S/C22H12F4N2O4/c23-15-9-13-11(8-14(15)21(29)30)6-7-12-18(13)28-31-19(12)20-16(22(24,25)26)17(27-32-20)10-4-2-1-3-5-10/h1-5,8-9H,6-7H2,(H,29,30). The Hall–Kier alpha value is -3.95. The molecule has 0 saturated heterocycles. The average molecular weight is 444 g/mol. The molecule has 0 spiro atoms. The maximum Gasteiger partial charge on any atom is 0.422 e. The van der Waals surface area contributed by atoms with Gasteiger partial charge in [-0.25, -0.2) is 9.18 Å². The molecule has 32 heavy (non-hydrogen) atoms. The summed E-state index contributed by atoms with van der Waals surface area (Å²) in [5.41, 5.74) is -0.527. The normalized spacial score (nSPS) is 13.0. The molecule has 0 atom stereocenters. The number of aryl methyl sites for hydroxylation is 1. The SMILES string of the molecule is O=C(O)c1cc2c(cc1F)-c1noc(-c3onc(-c4ccccc4)c3C(F)(F)F)c1CC2. The second-order valence-corrected chi connectivity index (χ2v) is 7.23. The van der Waals surface area contributed by atoms with Gasteiger partial charge >= 0.3 is 12.1 Å². The van der Waals surface area contributed by atoms with Gasteiger partial charge in [0.05, 0.1) is 5.56 Å². The topological polar surface area (TPSA) is 89.4 Å². The molecular formula is C22H12F4N2O4. The van der Waals surface area contributed by atoms with E-state index >= 15 is 0 Å². The molecule has 0 amide bonds. The fourth-order valence-corrected chi connectivity index (χ4v) is 3.90. The molecule has 10 heteroatoms. The maximum atomic E-state index is 14.2. The highest BCUT2D eigenvalue weighted by Gasteiger charge is 2.43. The van der Waals surface area contributed by atoms with Crippen molar-refractivity contribution in [1.29, 1.82) is 0 Å². The molecule has 0 aliphatic heterocycles. The third-order valence-corrected chi connectivity index (χ3v) is 5.34. The number of alkyl halides is 3. The molecule has 0 unspecified atom stereocenters. The Morgan fingerprint density at radius 2 is 1.66 bits per heavy atom. The van der Waals surface area contributed by atoms with E-state index in [-0.39, 0.29) is 41.1 Å². The molecule has 6 nitrogen and oxygen atoms in total. The Labute approximate surface area is 177 Å². The van der Waals surface area contributed by atoms with E-state index in [1.54, 1.807) is 18.2 Å². The average Bonchev–Trinajstić information content (AvgIpc) is 3.38. The van der Waals surface area contributed by atoms with Gasteiger partial charge < -0.3 is 14.2 Å². The number of benzene rings is 2. The van der Waals surface area contributed by atoms with E-state index in [2.05, 4.69) is 10.3 Å². The van der Waals surface area contributed by atoms with Crippen LogP contribution in [0.25, 0.3) is 34.0 Å². The number of fused-ring (bicyclic) bond motifs is 3. The van der Waals surface area contributed by atoms with Gasteiger partial charge in [-0.15, -0.1) is 0 Å². The lowest BCUT2D eigenvalue weighted by atomic mass is 9.87. The third-order valence-electron chi connectivity index (χ3n) is 5.34. The van der Waals surface area contributed by atoms with Crippen molar-refractivity contribution < 1.29 is 36.5 Å². The van der Waals surface area contributed by atoms with Crippen molar-refractivity contribution in [3.05, 3.63) is 70.5 Å². The van der Waals surface area contributed by atoms with E-state index in [1.807, 2.05) is 0 Å². The van der Waals surface area contributed by atoms with Crippen LogP contribution in [0.1, 0.15) is 27.0 Å². The summed E-state index contributed by atoms with van der Waals surface area (Å²) in [5, 5.41) is 16.6. The van der Waals surface area contributed by atoms with Gasteiger partial charge in [0.15, 0.2) is 0 Å². The molecule has 2 aromatic heterocycles. The number of rotatable bonds is 3. The molecule has 1 N–H and O–H groups in total. The first kappa shape index (κ1) is 20.0.